The molecule has 0 spiro atoms. The van der Waals surface area contributed by atoms with Crippen molar-refractivity contribution >= 4 is 0 Å². The molecule has 3 nitrogen and oxygen atoms in total. The van der Waals surface area contributed by atoms with E-state index in [0.29, 0.717) is 5.75 Å². The Bertz CT molecular complexity index is 315. The molecule has 0 fully saturated rings. The minimum Gasteiger partial charge on any atom is -0.497 e. The lowest BCUT2D eigenvalue weighted by atomic mass is 10.0. The zero-order chi connectivity index (χ0) is 10.7. The monoisotopic (exact) mass is 199 g/mol. The lowest BCUT2D eigenvalue weighted by Crippen LogP contribution is -2.25. The first kappa shape index (κ1) is 10.9. The molecule has 0 saturated heterocycles. The number of rotatable bonds is 3. The van der Waals surface area contributed by atoms with E-state index < -0.39 is 18.0 Å². The molecular formula is C10H14FNO2. The summed E-state index contributed by atoms with van der Waals surface area (Å²) in [4.78, 5) is 0. The topological polar surface area (TPSA) is 55.5 Å². The Labute approximate surface area is 82.3 Å². The fraction of sp³-hybridized carbons (Fsp3) is 0.400. The zero-order valence-corrected chi connectivity index (χ0v) is 8.20. The highest BCUT2D eigenvalue weighted by molar-refractivity contribution is 5.31. The van der Waals surface area contributed by atoms with Crippen LogP contribution in [0.25, 0.3) is 0 Å². The van der Waals surface area contributed by atoms with Crippen LogP contribution in [0.2, 0.25) is 0 Å². The molecule has 4 heteroatoms. The van der Waals surface area contributed by atoms with E-state index in [-0.39, 0.29) is 5.56 Å². The van der Waals surface area contributed by atoms with Crippen LogP contribution in [-0.2, 0) is 0 Å². The van der Waals surface area contributed by atoms with Crippen molar-refractivity contribution in [3.05, 3.63) is 29.6 Å². The van der Waals surface area contributed by atoms with Gasteiger partial charge in [-0.05, 0) is 25.1 Å². The fourth-order valence-electron chi connectivity index (χ4n) is 1.16. The van der Waals surface area contributed by atoms with Gasteiger partial charge in [-0.25, -0.2) is 4.39 Å². The van der Waals surface area contributed by atoms with Crippen molar-refractivity contribution in [2.75, 3.05) is 7.11 Å². The van der Waals surface area contributed by atoms with Crippen molar-refractivity contribution in [1.82, 2.24) is 0 Å². The Morgan fingerprint density at radius 1 is 1.50 bits per heavy atom. The van der Waals surface area contributed by atoms with E-state index >= 15 is 0 Å². The first-order valence-electron chi connectivity index (χ1n) is 4.33. The van der Waals surface area contributed by atoms with Crippen LogP contribution in [-0.4, -0.2) is 18.3 Å². The molecule has 0 saturated carbocycles. The number of nitrogens with two attached hydrogens (primary N) is 1. The second-order valence-electron chi connectivity index (χ2n) is 3.19. The smallest absolute Gasteiger partial charge is 0.129 e. The third kappa shape index (κ3) is 2.21. The molecule has 14 heavy (non-hydrogen) atoms. The van der Waals surface area contributed by atoms with Crippen molar-refractivity contribution in [1.29, 1.82) is 0 Å². The van der Waals surface area contributed by atoms with Gasteiger partial charge in [-0.3, -0.25) is 0 Å². The molecule has 0 aliphatic carbocycles. The van der Waals surface area contributed by atoms with Crippen LogP contribution in [0.15, 0.2) is 18.2 Å². The quantitative estimate of drug-likeness (QED) is 0.769. The first-order valence-corrected chi connectivity index (χ1v) is 4.33. The van der Waals surface area contributed by atoms with Gasteiger partial charge >= 0.3 is 0 Å². The Hall–Kier alpha value is -1.13. The van der Waals surface area contributed by atoms with Crippen LogP contribution < -0.4 is 10.5 Å². The third-order valence-corrected chi connectivity index (χ3v) is 2.02. The maximum Gasteiger partial charge on any atom is 0.129 e. The van der Waals surface area contributed by atoms with Crippen molar-refractivity contribution < 1.29 is 14.2 Å². The summed E-state index contributed by atoms with van der Waals surface area (Å²) in [6.07, 6.45) is -1.01. The first-order chi connectivity index (χ1) is 6.56. The molecule has 1 rings (SSSR count). The second-order valence-corrected chi connectivity index (χ2v) is 3.19. The van der Waals surface area contributed by atoms with Crippen LogP contribution in [0.4, 0.5) is 4.39 Å². The number of ether oxygens (including phenoxy) is 1. The summed E-state index contributed by atoms with van der Waals surface area (Å²) in [5, 5.41) is 9.58. The van der Waals surface area contributed by atoms with E-state index in [1.54, 1.807) is 6.92 Å². The lowest BCUT2D eigenvalue weighted by Gasteiger charge is -2.16. The molecule has 0 bridgehead atoms. The molecule has 0 amide bonds. The molecule has 78 valence electrons. The minimum absolute atomic E-state index is 0.166. The summed E-state index contributed by atoms with van der Waals surface area (Å²) in [6, 6.07) is 3.67. The number of benzene rings is 1. The van der Waals surface area contributed by atoms with Gasteiger partial charge in [0.2, 0.25) is 0 Å². The van der Waals surface area contributed by atoms with Crippen molar-refractivity contribution in [3.63, 3.8) is 0 Å². The van der Waals surface area contributed by atoms with Gasteiger partial charge in [0.05, 0.1) is 13.2 Å². The Morgan fingerprint density at radius 3 is 2.64 bits per heavy atom. The molecule has 1 aromatic rings. The largest absolute Gasteiger partial charge is 0.497 e. The van der Waals surface area contributed by atoms with Crippen molar-refractivity contribution in [2.24, 2.45) is 5.73 Å². The van der Waals surface area contributed by atoms with E-state index in [1.807, 2.05) is 0 Å². The van der Waals surface area contributed by atoms with Crippen LogP contribution in [0.5, 0.6) is 5.75 Å². The van der Waals surface area contributed by atoms with Gasteiger partial charge in [-0.1, -0.05) is 0 Å². The van der Waals surface area contributed by atoms with Crippen LogP contribution in [0.1, 0.15) is 18.6 Å². The average Bonchev–Trinajstić information content (AvgIpc) is 2.17. The lowest BCUT2D eigenvalue weighted by molar-refractivity contribution is 0.148. The number of aliphatic hydroxyl groups excluding tert-OH is 1. The second kappa shape index (κ2) is 4.39. The highest BCUT2D eigenvalue weighted by atomic mass is 19.1. The van der Waals surface area contributed by atoms with Gasteiger partial charge < -0.3 is 15.6 Å². The summed E-state index contributed by atoms with van der Waals surface area (Å²) in [6.45, 7) is 1.61. The van der Waals surface area contributed by atoms with Gasteiger partial charge in [0.15, 0.2) is 0 Å². The summed E-state index contributed by atoms with van der Waals surface area (Å²) in [5.74, 6) is 0.0247. The Balaban J connectivity index is 3.05. The minimum atomic E-state index is -1.01. The van der Waals surface area contributed by atoms with Crippen LogP contribution in [0.3, 0.4) is 0 Å². The highest BCUT2D eigenvalue weighted by Crippen LogP contribution is 2.23. The highest BCUT2D eigenvalue weighted by Gasteiger charge is 2.17. The molecule has 0 heterocycles. The van der Waals surface area contributed by atoms with Gasteiger partial charge in [0, 0.05) is 11.6 Å². The van der Waals surface area contributed by atoms with Crippen molar-refractivity contribution in [3.8, 4) is 5.75 Å². The number of halogens is 1. The van der Waals surface area contributed by atoms with E-state index in [0.717, 1.165) is 0 Å². The maximum atomic E-state index is 13.2. The molecule has 0 radical (unpaired) electrons. The molecule has 0 aliphatic heterocycles. The average molecular weight is 199 g/mol. The standard InChI is InChI=1S/C10H14FNO2/c1-6(12)10(13)8-5-7(14-2)3-4-9(8)11/h3-6,10,13H,12H2,1-2H3. The van der Waals surface area contributed by atoms with Crippen LogP contribution in [0, 0.1) is 5.82 Å². The summed E-state index contributed by atoms with van der Waals surface area (Å²) >= 11 is 0. The van der Waals surface area contributed by atoms with Crippen molar-refractivity contribution in [2.45, 2.75) is 19.1 Å². The SMILES string of the molecule is COc1ccc(F)c(C(O)C(C)N)c1. The van der Waals surface area contributed by atoms with Gasteiger partial charge in [0.1, 0.15) is 11.6 Å². The fourth-order valence-corrected chi connectivity index (χ4v) is 1.16. The molecule has 0 aromatic heterocycles. The molecule has 3 N–H and O–H groups in total. The van der Waals surface area contributed by atoms with Gasteiger partial charge in [-0.2, -0.15) is 0 Å². The molecule has 2 atom stereocenters. The van der Waals surface area contributed by atoms with E-state index in [9.17, 15) is 9.50 Å². The Kier molecular flexibility index (Phi) is 3.43. The predicted octanol–water partition coefficient (Wildman–Crippen LogP) is 1.21. The third-order valence-electron chi connectivity index (χ3n) is 2.02. The zero-order valence-electron chi connectivity index (χ0n) is 8.20. The van der Waals surface area contributed by atoms with E-state index in [4.69, 9.17) is 10.5 Å². The molecular weight excluding hydrogens is 185 g/mol. The number of aliphatic hydroxyl groups is 1. The summed E-state index contributed by atoms with van der Waals surface area (Å²) in [7, 11) is 1.48. The van der Waals surface area contributed by atoms with Gasteiger partial charge in [-0.15, -0.1) is 0 Å². The summed E-state index contributed by atoms with van der Waals surface area (Å²) in [5.41, 5.74) is 5.64. The number of hydrogen-bond acceptors (Lipinski definition) is 3. The van der Waals surface area contributed by atoms with E-state index in [2.05, 4.69) is 0 Å². The maximum absolute atomic E-state index is 13.2. The van der Waals surface area contributed by atoms with E-state index in [1.165, 1.54) is 25.3 Å². The van der Waals surface area contributed by atoms with Crippen LogP contribution >= 0.6 is 0 Å². The Morgan fingerprint density at radius 2 is 2.14 bits per heavy atom. The normalized spacial score (nSPS) is 14.9. The predicted molar refractivity (Wildman–Crippen MR) is 51.6 cm³/mol. The number of hydrogen-bond donors (Lipinski definition) is 2. The summed E-state index contributed by atoms with van der Waals surface area (Å²) < 4.78 is 18.2. The molecule has 1 aromatic carbocycles. The van der Waals surface area contributed by atoms with Gasteiger partial charge in [0.25, 0.3) is 0 Å². The molecule has 0 aliphatic rings. The number of methoxy groups -OCH3 is 1. The molecule has 2 unspecified atom stereocenters.